The first-order valence-electron chi connectivity index (χ1n) is 15.0. The molecule has 0 radical (unpaired) electrons. The van der Waals surface area contributed by atoms with E-state index < -0.39 is 12.5 Å². The van der Waals surface area contributed by atoms with E-state index in [9.17, 15) is 4.79 Å². The molecule has 7 nitrogen and oxygen atoms in total. The molecule has 1 amide bonds. The van der Waals surface area contributed by atoms with Crippen molar-refractivity contribution in [2.24, 2.45) is 5.92 Å². The van der Waals surface area contributed by atoms with Crippen LogP contribution < -0.4 is 10.4 Å². The summed E-state index contributed by atoms with van der Waals surface area (Å²) in [7, 11) is -0.417. The van der Waals surface area contributed by atoms with Crippen molar-refractivity contribution in [3.8, 4) is 0 Å². The Bertz CT molecular complexity index is 1090. The minimum absolute atomic E-state index is 0.285. The van der Waals surface area contributed by atoms with Gasteiger partial charge in [0.2, 0.25) is 5.91 Å². The molecule has 4 saturated heterocycles. The lowest BCUT2D eigenvalue weighted by Gasteiger charge is -2.47. The Balaban J connectivity index is 1.18. The van der Waals surface area contributed by atoms with Crippen LogP contribution in [0.25, 0.3) is 0 Å². The van der Waals surface area contributed by atoms with Gasteiger partial charge in [-0.15, -0.1) is 0 Å². The Morgan fingerprint density at radius 1 is 0.895 bits per heavy atom. The summed E-state index contributed by atoms with van der Waals surface area (Å²) in [6, 6.07) is 8.04. The van der Waals surface area contributed by atoms with Crippen molar-refractivity contribution < 1.29 is 18.8 Å². The van der Waals surface area contributed by atoms with Crippen molar-refractivity contribution in [2.45, 2.75) is 101 Å². The van der Waals surface area contributed by atoms with E-state index in [1.165, 1.54) is 25.1 Å². The lowest BCUT2D eigenvalue weighted by molar-refractivity contribution is -0.128. The van der Waals surface area contributed by atoms with Gasteiger partial charge in [-0.2, -0.15) is 0 Å². The van der Waals surface area contributed by atoms with Crippen molar-refractivity contribution in [3.05, 3.63) is 23.8 Å². The van der Waals surface area contributed by atoms with Gasteiger partial charge in [0.1, 0.15) is 0 Å². The van der Waals surface area contributed by atoms with Gasteiger partial charge < -0.3 is 18.9 Å². The van der Waals surface area contributed by atoms with Gasteiger partial charge in [0.15, 0.2) is 0 Å². The standard InChI is InChI=1S/C30H44BN3O4/c1-20-8-11-33(17-20)22-15-23(16-22)34-26-14-21(31-37-28(2,3)29(4,5)38-31)6-7-25(26)30(27(34)35)9-12-32(13-10-30)24-18-36-19-24/h6-7,14,20,22-24H,8-13,15-19H2,1-5H3/t20-,22?,23?/m1/s1. The molecule has 8 heteroatoms. The van der Waals surface area contributed by atoms with Crippen LogP contribution in [0.5, 0.6) is 0 Å². The monoisotopic (exact) mass is 521 g/mol. The maximum absolute atomic E-state index is 14.5. The lowest BCUT2D eigenvalue weighted by Crippen LogP contribution is -2.59. The van der Waals surface area contributed by atoms with Crippen LogP contribution in [0.2, 0.25) is 0 Å². The van der Waals surface area contributed by atoms with E-state index in [1.807, 2.05) is 0 Å². The predicted molar refractivity (Wildman–Crippen MR) is 149 cm³/mol. The number of amides is 1. The van der Waals surface area contributed by atoms with Crippen molar-refractivity contribution in [1.82, 2.24) is 9.80 Å². The van der Waals surface area contributed by atoms with E-state index in [2.05, 4.69) is 67.5 Å². The minimum atomic E-state index is -0.417. The number of benzene rings is 1. The van der Waals surface area contributed by atoms with E-state index in [1.54, 1.807) is 0 Å². The highest BCUT2D eigenvalue weighted by atomic mass is 16.7. The number of carbonyl (C=O) groups excluding carboxylic acids is 1. The van der Waals surface area contributed by atoms with E-state index in [4.69, 9.17) is 14.0 Å². The van der Waals surface area contributed by atoms with Crippen LogP contribution in [-0.2, 0) is 24.3 Å². The summed E-state index contributed by atoms with van der Waals surface area (Å²) in [6.45, 7) is 16.8. The molecule has 1 spiro atoms. The molecule has 206 valence electrons. The maximum Gasteiger partial charge on any atom is 0.494 e. The van der Waals surface area contributed by atoms with Crippen LogP contribution >= 0.6 is 0 Å². The zero-order chi connectivity index (χ0) is 26.4. The Morgan fingerprint density at radius 3 is 2.16 bits per heavy atom. The van der Waals surface area contributed by atoms with E-state index >= 15 is 0 Å². The largest absolute Gasteiger partial charge is 0.494 e. The SMILES string of the molecule is C[C@@H]1CCN(C2CC(N3C(=O)C4(CCN(C5COC5)CC4)c4ccc(B5OC(C)(C)C(C)(C)O5)cc43)C2)C1. The molecule has 0 N–H and O–H groups in total. The summed E-state index contributed by atoms with van der Waals surface area (Å²) in [5.41, 5.74) is 2.17. The fourth-order valence-corrected chi connectivity index (χ4v) is 7.65. The van der Waals surface area contributed by atoms with Gasteiger partial charge in [-0.25, -0.2) is 0 Å². The lowest BCUT2D eigenvalue weighted by atomic mass is 9.71. The predicted octanol–water partition coefficient (Wildman–Crippen LogP) is 2.94. The first kappa shape index (κ1) is 25.5. The summed E-state index contributed by atoms with van der Waals surface area (Å²) < 4.78 is 18.3. The van der Waals surface area contributed by atoms with E-state index in [-0.39, 0.29) is 17.2 Å². The Labute approximate surface area is 228 Å². The van der Waals surface area contributed by atoms with Gasteiger partial charge in [0.05, 0.1) is 35.9 Å². The quantitative estimate of drug-likeness (QED) is 0.569. The number of hydrogen-bond donors (Lipinski definition) is 0. The normalized spacial score (nSPS) is 34.6. The molecular weight excluding hydrogens is 477 g/mol. The molecule has 0 bridgehead atoms. The molecule has 5 fully saturated rings. The third-order valence-corrected chi connectivity index (χ3v) is 11.2. The first-order valence-corrected chi connectivity index (χ1v) is 15.0. The second-order valence-corrected chi connectivity index (χ2v) is 14.0. The Morgan fingerprint density at radius 2 is 1.58 bits per heavy atom. The van der Waals surface area contributed by atoms with Crippen molar-refractivity contribution in [3.63, 3.8) is 0 Å². The van der Waals surface area contributed by atoms with Crippen LogP contribution in [-0.4, -0.2) is 91.5 Å². The Hall–Kier alpha value is -1.45. The Kier molecular flexibility index (Phi) is 5.89. The maximum atomic E-state index is 14.5. The number of carbonyl (C=O) groups is 1. The fraction of sp³-hybridized carbons (Fsp3) is 0.767. The number of likely N-dealkylation sites (tertiary alicyclic amines) is 2. The minimum Gasteiger partial charge on any atom is -0.399 e. The highest BCUT2D eigenvalue weighted by Crippen LogP contribution is 2.51. The molecule has 5 heterocycles. The molecule has 0 unspecified atom stereocenters. The van der Waals surface area contributed by atoms with Crippen LogP contribution in [0.15, 0.2) is 18.2 Å². The molecule has 1 aliphatic carbocycles. The van der Waals surface area contributed by atoms with Gasteiger partial charge >= 0.3 is 7.12 Å². The summed E-state index contributed by atoms with van der Waals surface area (Å²) in [4.78, 5) is 21.9. The van der Waals surface area contributed by atoms with Gasteiger partial charge in [0, 0.05) is 24.3 Å². The van der Waals surface area contributed by atoms with Crippen LogP contribution in [0.3, 0.4) is 0 Å². The van der Waals surface area contributed by atoms with E-state index in [0.717, 1.165) is 69.1 Å². The number of hydrogen-bond acceptors (Lipinski definition) is 6. The van der Waals surface area contributed by atoms with Crippen molar-refractivity contribution >= 4 is 24.2 Å². The molecule has 5 aliphatic heterocycles. The summed E-state index contributed by atoms with van der Waals surface area (Å²) >= 11 is 0. The molecule has 0 aromatic heterocycles. The van der Waals surface area contributed by atoms with Crippen LogP contribution in [0, 0.1) is 5.92 Å². The first-order chi connectivity index (χ1) is 18.1. The summed E-state index contributed by atoms with van der Waals surface area (Å²) in [6.07, 6.45) is 5.25. The van der Waals surface area contributed by atoms with Gasteiger partial charge in [0.25, 0.3) is 0 Å². The second-order valence-electron chi connectivity index (χ2n) is 14.0. The topological polar surface area (TPSA) is 54.5 Å². The highest BCUT2D eigenvalue weighted by Gasteiger charge is 2.57. The molecule has 38 heavy (non-hydrogen) atoms. The average molecular weight is 522 g/mol. The average Bonchev–Trinajstić information content (AvgIpc) is 3.40. The van der Waals surface area contributed by atoms with Crippen molar-refractivity contribution in [2.75, 3.05) is 44.3 Å². The third kappa shape index (κ3) is 3.77. The molecule has 1 aromatic rings. The second kappa shape index (κ2) is 8.78. The van der Waals surface area contributed by atoms with Crippen molar-refractivity contribution in [1.29, 1.82) is 0 Å². The summed E-state index contributed by atoms with van der Waals surface area (Å²) in [5.74, 6) is 1.13. The number of piperidine rings is 1. The fourth-order valence-electron chi connectivity index (χ4n) is 7.65. The molecule has 1 atom stereocenters. The zero-order valence-electron chi connectivity index (χ0n) is 23.9. The summed E-state index contributed by atoms with van der Waals surface area (Å²) in [5, 5.41) is 0. The van der Waals surface area contributed by atoms with Crippen LogP contribution in [0.4, 0.5) is 5.69 Å². The van der Waals surface area contributed by atoms with Crippen LogP contribution in [0.1, 0.15) is 72.3 Å². The molecule has 1 aromatic carbocycles. The van der Waals surface area contributed by atoms with Gasteiger partial charge in [-0.05, 0) is 102 Å². The number of fused-ring (bicyclic) bond motifs is 2. The highest BCUT2D eigenvalue weighted by molar-refractivity contribution is 6.62. The van der Waals surface area contributed by atoms with Gasteiger partial charge in [-0.3, -0.25) is 14.6 Å². The number of anilines is 1. The van der Waals surface area contributed by atoms with Gasteiger partial charge in [-0.1, -0.05) is 19.1 Å². The number of ether oxygens (including phenoxy) is 1. The molecule has 7 rings (SSSR count). The van der Waals surface area contributed by atoms with E-state index in [0.29, 0.717) is 18.0 Å². The number of rotatable bonds is 4. The molecule has 1 saturated carbocycles. The third-order valence-electron chi connectivity index (χ3n) is 11.2. The smallest absolute Gasteiger partial charge is 0.399 e. The molecular formula is C30H44BN3O4. The number of nitrogens with zero attached hydrogens (tertiary/aromatic N) is 3. The molecule has 6 aliphatic rings. The zero-order valence-corrected chi connectivity index (χ0v) is 23.9.